The van der Waals surface area contributed by atoms with Gasteiger partial charge >= 0.3 is 0 Å². The first-order valence-corrected chi connectivity index (χ1v) is 9.22. The molecule has 0 atom stereocenters. The molecule has 4 heteroatoms. The smallest absolute Gasteiger partial charge is 0.120 e. The zero-order valence-corrected chi connectivity index (χ0v) is 18.0. The lowest BCUT2D eigenvalue weighted by Gasteiger charge is -2.33. The number of benzene rings is 2. The van der Waals surface area contributed by atoms with Crippen molar-refractivity contribution < 1.29 is 4.74 Å². The minimum absolute atomic E-state index is 0. The molecule has 0 saturated carbocycles. The third kappa shape index (κ3) is 8.44. The van der Waals surface area contributed by atoms with Crippen LogP contribution in [0.3, 0.4) is 0 Å². The summed E-state index contributed by atoms with van der Waals surface area (Å²) in [5, 5.41) is 4.41. The largest absolute Gasteiger partial charge is 0.489 e. The number of hydrogen-bond acceptors (Lipinski definition) is 2. The summed E-state index contributed by atoms with van der Waals surface area (Å²) in [6.07, 6.45) is 1.12. The molecular weight excluding hydrogens is 365 g/mol. The van der Waals surface area contributed by atoms with Gasteiger partial charge in [-0.3, -0.25) is 0 Å². The van der Waals surface area contributed by atoms with Gasteiger partial charge in [0.05, 0.1) is 0 Å². The Bertz CT molecular complexity index is 675. The van der Waals surface area contributed by atoms with Gasteiger partial charge in [0.2, 0.25) is 0 Å². The standard InChI is InChI=1S/C22H30ClNO.ClH/c1-21(2,3)16-22(4,5)24-14-18-7-6-8-20(13-18)25-15-17-9-11-19(23)12-10-17;/h6-13,24H,14-16H2,1-5H3;1H. The first-order valence-electron chi connectivity index (χ1n) is 8.84. The van der Waals surface area contributed by atoms with Crippen molar-refractivity contribution >= 4 is 24.0 Å². The second-order valence-electron chi connectivity index (χ2n) is 8.54. The van der Waals surface area contributed by atoms with E-state index in [1.807, 2.05) is 36.4 Å². The van der Waals surface area contributed by atoms with E-state index in [1.165, 1.54) is 5.56 Å². The van der Waals surface area contributed by atoms with Crippen LogP contribution in [0.4, 0.5) is 0 Å². The second kappa shape index (κ2) is 9.64. The Hall–Kier alpha value is -1.22. The van der Waals surface area contributed by atoms with Crippen molar-refractivity contribution in [1.29, 1.82) is 0 Å². The Morgan fingerprint density at radius 2 is 1.58 bits per heavy atom. The molecule has 0 aliphatic rings. The zero-order valence-electron chi connectivity index (χ0n) is 16.4. The monoisotopic (exact) mass is 395 g/mol. The van der Waals surface area contributed by atoms with Crippen molar-refractivity contribution in [3.8, 4) is 5.75 Å². The summed E-state index contributed by atoms with van der Waals surface area (Å²) in [4.78, 5) is 0. The summed E-state index contributed by atoms with van der Waals surface area (Å²) < 4.78 is 5.91. The number of rotatable bonds is 7. The van der Waals surface area contributed by atoms with Gasteiger partial charge in [0, 0.05) is 17.1 Å². The number of hydrogen-bond donors (Lipinski definition) is 1. The number of halogens is 2. The molecule has 0 heterocycles. The maximum absolute atomic E-state index is 5.91. The van der Waals surface area contributed by atoms with Crippen molar-refractivity contribution in [2.75, 3.05) is 0 Å². The fraction of sp³-hybridized carbons (Fsp3) is 0.455. The van der Waals surface area contributed by atoms with Gasteiger partial charge in [0.15, 0.2) is 0 Å². The van der Waals surface area contributed by atoms with Gasteiger partial charge in [-0.2, -0.15) is 0 Å². The molecule has 0 radical (unpaired) electrons. The maximum atomic E-state index is 5.91. The van der Waals surface area contributed by atoms with Crippen LogP contribution in [0.15, 0.2) is 48.5 Å². The SMILES string of the molecule is CC(C)(C)CC(C)(C)NCc1cccc(OCc2ccc(Cl)cc2)c1.Cl. The van der Waals surface area contributed by atoms with Gasteiger partial charge in [-0.25, -0.2) is 0 Å². The van der Waals surface area contributed by atoms with Crippen LogP contribution in [0, 0.1) is 5.41 Å². The number of nitrogens with one attached hydrogen (secondary N) is 1. The van der Waals surface area contributed by atoms with Crippen molar-refractivity contribution in [2.45, 2.75) is 59.7 Å². The highest BCUT2D eigenvalue weighted by atomic mass is 35.5. The van der Waals surface area contributed by atoms with E-state index in [0.29, 0.717) is 12.0 Å². The molecule has 2 rings (SSSR count). The van der Waals surface area contributed by atoms with E-state index < -0.39 is 0 Å². The first kappa shape index (κ1) is 22.8. The Labute approximate surface area is 169 Å². The van der Waals surface area contributed by atoms with E-state index >= 15 is 0 Å². The van der Waals surface area contributed by atoms with E-state index in [2.05, 4.69) is 52.1 Å². The van der Waals surface area contributed by atoms with Gasteiger partial charge in [0.1, 0.15) is 12.4 Å². The molecule has 0 aliphatic heterocycles. The molecule has 2 nitrogen and oxygen atoms in total. The van der Waals surface area contributed by atoms with Crippen LogP contribution in [0.1, 0.15) is 52.2 Å². The van der Waals surface area contributed by atoms with Crippen LogP contribution in [0.5, 0.6) is 5.75 Å². The molecule has 0 aliphatic carbocycles. The van der Waals surface area contributed by atoms with Gasteiger partial charge in [0.25, 0.3) is 0 Å². The van der Waals surface area contributed by atoms with Crippen LogP contribution in [-0.2, 0) is 13.2 Å². The van der Waals surface area contributed by atoms with E-state index in [4.69, 9.17) is 16.3 Å². The molecule has 144 valence electrons. The Balaban J connectivity index is 0.00000338. The topological polar surface area (TPSA) is 21.3 Å². The third-order valence-electron chi connectivity index (χ3n) is 3.96. The van der Waals surface area contributed by atoms with Gasteiger partial charge in [-0.15, -0.1) is 12.4 Å². The summed E-state index contributed by atoms with van der Waals surface area (Å²) in [6, 6.07) is 16.0. The molecule has 0 bridgehead atoms. The molecule has 0 aromatic heterocycles. The van der Waals surface area contributed by atoms with Crippen molar-refractivity contribution in [3.05, 3.63) is 64.7 Å². The summed E-state index contributed by atoms with van der Waals surface area (Å²) in [5.74, 6) is 0.892. The quantitative estimate of drug-likeness (QED) is 0.566. The molecule has 26 heavy (non-hydrogen) atoms. The highest BCUT2D eigenvalue weighted by Gasteiger charge is 2.24. The predicted octanol–water partition coefficient (Wildman–Crippen LogP) is 6.65. The van der Waals surface area contributed by atoms with Gasteiger partial charge in [-0.05, 0) is 61.1 Å². The summed E-state index contributed by atoms with van der Waals surface area (Å²) in [6.45, 7) is 12.7. The molecular formula is C22H31Cl2NO. The molecule has 2 aromatic rings. The molecule has 0 spiro atoms. The van der Waals surface area contributed by atoms with Crippen LogP contribution in [0.2, 0.25) is 5.02 Å². The van der Waals surface area contributed by atoms with Crippen LogP contribution in [0.25, 0.3) is 0 Å². The van der Waals surface area contributed by atoms with Crippen LogP contribution in [-0.4, -0.2) is 5.54 Å². The van der Waals surface area contributed by atoms with E-state index in [9.17, 15) is 0 Å². The van der Waals surface area contributed by atoms with E-state index in [1.54, 1.807) is 0 Å². The summed E-state index contributed by atoms with van der Waals surface area (Å²) in [7, 11) is 0. The molecule has 0 unspecified atom stereocenters. The molecule has 2 aromatic carbocycles. The number of ether oxygens (including phenoxy) is 1. The summed E-state index contributed by atoms with van der Waals surface area (Å²) in [5.41, 5.74) is 2.74. The lowest BCUT2D eigenvalue weighted by atomic mass is 9.82. The van der Waals surface area contributed by atoms with Crippen LogP contribution < -0.4 is 10.1 Å². The average Bonchev–Trinajstić information content (AvgIpc) is 2.51. The molecule has 0 amide bonds. The van der Waals surface area contributed by atoms with Crippen LogP contribution >= 0.6 is 24.0 Å². The minimum atomic E-state index is 0. The van der Waals surface area contributed by atoms with E-state index in [-0.39, 0.29) is 17.9 Å². The van der Waals surface area contributed by atoms with Crippen molar-refractivity contribution in [3.63, 3.8) is 0 Å². The molecule has 0 fully saturated rings. The second-order valence-corrected chi connectivity index (χ2v) is 8.97. The Morgan fingerprint density at radius 3 is 2.19 bits per heavy atom. The minimum Gasteiger partial charge on any atom is -0.489 e. The van der Waals surface area contributed by atoms with Crippen molar-refractivity contribution in [1.82, 2.24) is 5.32 Å². The molecule has 0 saturated heterocycles. The highest BCUT2D eigenvalue weighted by molar-refractivity contribution is 6.30. The predicted molar refractivity (Wildman–Crippen MR) is 114 cm³/mol. The highest BCUT2D eigenvalue weighted by Crippen LogP contribution is 2.27. The Kier molecular flexibility index (Phi) is 8.46. The lowest BCUT2D eigenvalue weighted by Crippen LogP contribution is -2.41. The normalized spacial score (nSPS) is 11.8. The van der Waals surface area contributed by atoms with Gasteiger partial charge < -0.3 is 10.1 Å². The van der Waals surface area contributed by atoms with Crippen molar-refractivity contribution in [2.24, 2.45) is 5.41 Å². The maximum Gasteiger partial charge on any atom is 0.120 e. The Morgan fingerprint density at radius 1 is 0.923 bits per heavy atom. The average molecular weight is 396 g/mol. The van der Waals surface area contributed by atoms with Gasteiger partial charge in [-0.1, -0.05) is 56.6 Å². The fourth-order valence-corrected chi connectivity index (χ4v) is 3.35. The van der Waals surface area contributed by atoms with E-state index in [0.717, 1.165) is 29.3 Å². The first-order chi connectivity index (χ1) is 11.6. The third-order valence-corrected chi connectivity index (χ3v) is 4.21. The molecule has 1 N–H and O–H groups in total. The zero-order chi connectivity index (χ0) is 18.5. The fourth-order valence-electron chi connectivity index (χ4n) is 3.22. The summed E-state index contributed by atoms with van der Waals surface area (Å²) >= 11 is 5.91. The lowest BCUT2D eigenvalue weighted by molar-refractivity contribution is 0.240.